The minimum absolute atomic E-state index is 0. The summed E-state index contributed by atoms with van der Waals surface area (Å²) in [6.45, 7) is 5.92. The van der Waals surface area contributed by atoms with Gasteiger partial charge in [0.25, 0.3) is 5.89 Å². The summed E-state index contributed by atoms with van der Waals surface area (Å²) in [5.74, 6) is -0.417. The number of nitrogens with two attached hydrogens (primary N) is 1. The number of amides is 1. The smallest absolute Gasteiger partial charge is 0.311 e. The van der Waals surface area contributed by atoms with Crippen LogP contribution in [-0.4, -0.2) is 63.8 Å². The van der Waals surface area contributed by atoms with Crippen molar-refractivity contribution >= 4 is 15.7 Å². The number of likely N-dealkylation sites (tertiary alicyclic amines) is 1. The van der Waals surface area contributed by atoms with Crippen LogP contribution in [0.5, 0.6) is 0 Å². The first-order valence-corrected chi connectivity index (χ1v) is 11.3. The summed E-state index contributed by atoms with van der Waals surface area (Å²) in [6.07, 6.45) is 1.58. The van der Waals surface area contributed by atoms with Crippen molar-refractivity contribution in [3.05, 3.63) is 42.0 Å². The highest BCUT2D eigenvalue weighted by molar-refractivity contribution is 7.92. The van der Waals surface area contributed by atoms with Crippen LogP contribution in [0.3, 0.4) is 0 Å². The third kappa shape index (κ3) is 3.93. The van der Waals surface area contributed by atoms with Gasteiger partial charge in [0.05, 0.1) is 27.7 Å². The van der Waals surface area contributed by atoms with Crippen LogP contribution in [0.15, 0.2) is 39.8 Å². The van der Waals surface area contributed by atoms with Crippen LogP contribution in [0, 0.1) is 6.92 Å². The van der Waals surface area contributed by atoms with Crippen molar-refractivity contribution < 1.29 is 20.5 Å². The molecule has 3 heterocycles. The molecular weight excluding hydrogens is 420 g/mol. The van der Waals surface area contributed by atoms with E-state index in [-0.39, 0.29) is 31.5 Å². The van der Waals surface area contributed by atoms with E-state index in [4.69, 9.17) is 10.2 Å². The monoisotopic (exact) mass is 446 g/mol. The molecule has 1 amide bonds. The fourth-order valence-electron chi connectivity index (χ4n) is 3.10. The van der Waals surface area contributed by atoms with E-state index in [1.807, 2.05) is 0 Å². The number of hydrogen-bond donors (Lipinski definition) is 1. The van der Waals surface area contributed by atoms with Gasteiger partial charge in [0.15, 0.2) is 9.84 Å². The number of carbonyl (C=O) groups excluding carboxylic acids is 1. The zero-order valence-electron chi connectivity index (χ0n) is 17.3. The molecule has 0 unspecified atom stereocenters. The molecule has 0 bridgehead atoms. The van der Waals surface area contributed by atoms with Crippen molar-refractivity contribution in [1.29, 1.82) is 0 Å². The standard InChI is InChI=1S/C20H22N6O4S.2H2/c1-11(2)31(28,29)15-6-4-13(5-7-15)16-8-22-12(3)17(23-16)18-24-25-19(30-18)20(27)26-9-14(21)10-26;;/h4-8,11,14H,9-10,21H2,1-3H3;2*1H. The Kier molecular flexibility index (Phi) is 5.31. The van der Waals surface area contributed by atoms with Gasteiger partial charge in [-0.1, -0.05) is 12.1 Å². The molecule has 2 N–H and O–H groups in total. The lowest BCUT2D eigenvalue weighted by Crippen LogP contribution is -2.57. The molecule has 166 valence electrons. The van der Waals surface area contributed by atoms with Gasteiger partial charge in [-0.05, 0) is 32.9 Å². The Morgan fingerprint density at radius 3 is 2.52 bits per heavy atom. The van der Waals surface area contributed by atoms with Crippen LogP contribution in [0.1, 0.15) is 33.1 Å². The van der Waals surface area contributed by atoms with Crippen molar-refractivity contribution in [2.24, 2.45) is 5.73 Å². The molecule has 1 fully saturated rings. The van der Waals surface area contributed by atoms with Gasteiger partial charge in [-0.25, -0.2) is 13.4 Å². The number of nitrogens with zero attached hydrogens (tertiary/aromatic N) is 5. The number of hydrogen-bond acceptors (Lipinski definition) is 9. The van der Waals surface area contributed by atoms with Crippen molar-refractivity contribution in [2.45, 2.75) is 37.0 Å². The Labute approximate surface area is 182 Å². The Morgan fingerprint density at radius 2 is 1.90 bits per heavy atom. The first kappa shape index (κ1) is 21.1. The highest BCUT2D eigenvalue weighted by Gasteiger charge is 2.32. The van der Waals surface area contributed by atoms with E-state index in [2.05, 4.69) is 20.2 Å². The van der Waals surface area contributed by atoms with E-state index < -0.39 is 15.1 Å². The van der Waals surface area contributed by atoms with E-state index >= 15 is 0 Å². The van der Waals surface area contributed by atoms with Gasteiger partial charge in [-0.15, -0.1) is 10.2 Å². The minimum atomic E-state index is -3.36. The molecular formula is C20H26N6O4S. The van der Waals surface area contributed by atoms with E-state index in [0.29, 0.717) is 35.7 Å². The molecule has 31 heavy (non-hydrogen) atoms. The molecule has 3 aromatic rings. The Bertz CT molecular complexity index is 1240. The molecule has 1 saturated heterocycles. The van der Waals surface area contributed by atoms with E-state index in [1.165, 1.54) is 4.90 Å². The van der Waals surface area contributed by atoms with Gasteiger partial charge < -0.3 is 15.1 Å². The molecule has 1 aliphatic heterocycles. The second-order valence-corrected chi connectivity index (χ2v) is 10.2. The van der Waals surface area contributed by atoms with Crippen LogP contribution < -0.4 is 5.73 Å². The summed E-state index contributed by atoms with van der Waals surface area (Å²) < 4.78 is 30.2. The summed E-state index contributed by atoms with van der Waals surface area (Å²) >= 11 is 0. The average Bonchev–Trinajstić information content (AvgIpc) is 3.21. The number of rotatable bonds is 5. The zero-order chi connectivity index (χ0) is 22.3. The van der Waals surface area contributed by atoms with Crippen molar-refractivity contribution in [1.82, 2.24) is 25.1 Å². The molecule has 0 spiro atoms. The predicted molar refractivity (Wildman–Crippen MR) is 116 cm³/mol. The molecule has 0 atom stereocenters. The molecule has 1 aromatic carbocycles. The number of aromatic nitrogens is 4. The van der Waals surface area contributed by atoms with Crippen molar-refractivity contribution in [3.63, 3.8) is 0 Å². The summed E-state index contributed by atoms with van der Waals surface area (Å²) in [4.78, 5) is 23.0. The predicted octanol–water partition coefficient (Wildman–Crippen LogP) is 1.96. The molecule has 0 aliphatic carbocycles. The summed E-state index contributed by atoms with van der Waals surface area (Å²) in [6, 6.07) is 6.42. The maximum Gasteiger partial charge on any atom is 0.311 e. The normalized spacial score (nSPS) is 14.7. The van der Waals surface area contributed by atoms with Gasteiger partial charge in [-0.3, -0.25) is 9.78 Å². The van der Waals surface area contributed by atoms with Crippen LogP contribution in [0.4, 0.5) is 0 Å². The third-order valence-corrected chi connectivity index (χ3v) is 7.23. The quantitative estimate of drug-likeness (QED) is 0.621. The molecule has 4 rings (SSSR count). The summed E-state index contributed by atoms with van der Waals surface area (Å²) in [5.41, 5.74) is 7.80. The van der Waals surface area contributed by atoms with Gasteiger partial charge in [-0.2, -0.15) is 0 Å². The van der Waals surface area contributed by atoms with E-state index in [0.717, 1.165) is 0 Å². The second kappa shape index (κ2) is 7.82. The van der Waals surface area contributed by atoms with Crippen LogP contribution in [0.25, 0.3) is 22.8 Å². The number of carbonyl (C=O) groups is 1. The summed E-state index contributed by atoms with van der Waals surface area (Å²) in [5, 5.41) is 7.28. The highest BCUT2D eigenvalue weighted by atomic mass is 32.2. The number of aryl methyl sites for hydroxylation is 1. The summed E-state index contributed by atoms with van der Waals surface area (Å²) in [7, 11) is -3.36. The molecule has 10 nitrogen and oxygen atoms in total. The molecule has 0 saturated carbocycles. The first-order chi connectivity index (χ1) is 14.7. The largest absolute Gasteiger partial charge is 0.411 e. The van der Waals surface area contributed by atoms with Gasteiger partial charge in [0.2, 0.25) is 0 Å². The SMILES string of the molecule is Cc1ncc(-c2ccc(S(=O)(=O)C(C)C)cc2)nc1-c1nnc(C(=O)N2CC(N)C2)o1.[HH].[HH]. The lowest BCUT2D eigenvalue weighted by atomic mass is 10.1. The minimum Gasteiger partial charge on any atom is -0.411 e. The Balaban J connectivity index is 0.00000193. The van der Waals surface area contributed by atoms with E-state index in [9.17, 15) is 13.2 Å². The molecule has 0 radical (unpaired) electrons. The third-order valence-electron chi connectivity index (χ3n) is 5.06. The maximum absolute atomic E-state index is 12.3. The van der Waals surface area contributed by atoms with E-state index in [1.54, 1.807) is 51.2 Å². The van der Waals surface area contributed by atoms with Gasteiger partial charge >= 0.3 is 11.8 Å². The van der Waals surface area contributed by atoms with Crippen LogP contribution >= 0.6 is 0 Å². The maximum atomic E-state index is 12.3. The fraction of sp³-hybridized carbons (Fsp3) is 0.350. The molecule has 1 aliphatic rings. The lowest BCUT2D eigenvalue weighted by molar-refractivity contribution is 0.0567. The Hall–Kier alpha value is -3.18. The lowest BCUT2D eigenvalue weighted by Gasteiger charge is -2.35. The van der Waals surface area contributed by atoms with Crippen LogP contribution in [0.2, 0.25) is 0 Å². The topological polar surface area (TPSA) is 145 Å². The number of benzene rings is 1. The number of sulfone groups is 1. The Morgan fingerprint density at radius 1 is 1.23 bits per heavy atom. The first-order valence-electron chi connectivity index (χ1n) is 9.73. The zero-order valence-corrected chi connectivity index (χ0v) is 18.1. The van der Waals surface area contributed by atoms with Crippen LogP contribution in [-0.2, 0) is 9.84 Å². The molecule has 11 heteroatoms. The molecule has 2 aromatic heterocycles. The highest BCUT2D eigenvalue weighted by Crippen LogP contribution is 2.26. The van der Waals surface area contributed by atoms with Crippen molar-refractivity contribution in [2.75, 3.05) is 13.1 Å². The van der Waals surface area contributed by atoms with Crippen molar-refractivity contribution in [3.8, 4) is 22.8 Å². The fourth-order valence-corrected chi connectivity index (χ4v) is 4.16. The average molecular weight is 447 g/mol. The van der Waals surface area contributed by atoms with Gasteiger partial charge in [0, 0.05) is 27.5 Å². The second-order valence-electron chi connectivity index (χ2n) is 7.69. The van der Waals surface area contributed by atoms with Gasteiger partial charge in [0.1, 0.15) is 5.69 Å².